The maximum atomic E-state index is 13.8. The summed E-state index contributed by atoms with van der Waals surface area (Å²) in [5.74, 6) is -0.111. The zero-order valence-corrected chi connectivity index (χ0v) is 12.1. The molecule has 0 aliphatic carbocycles. The summed E-state index contributed by atoms with van der Waals surface area (Å²) in [6, 6.07) is 14.7. The van der Waals surface area contributed by atoms with Gasteiger partial charge in [0, 0.05) is 12.1 Å². The highest BCUT2D eigenvalue weighted by molar-refractivity contribution is 5.34. The zero-order valence-electron chi connectivity index (χ0n) is 12.1. The highest BCUT2D eigenvalue weighted by Crippen LogP contribution is 2.22. The van der Waals surface area contributed by atoms with Gasteiger partial charge >= 0.3 is 0 Å². The van der Waals surface area contributed by atoms with Gasteiger partial charge in [0.2, 0.25) is 0 Å². The molecule has 2 aromatic rings. The third-order valence-electron chi connectivity index (χ3n) is 3.01. The summed E-state index contributed by atoms with van der Waals surface area (Å²) in [7, 11) is 0. The van der Waals surface area contributed by atoms with Gasteiger partial charge < -0.3 is 14.8 Å². The van der Waals surface area contributed by atoms with Crippen molar-refractivity contribution in [1.82, 2.24) is 5.32 Å². The van der Waals surface area contributed by atoms with Crippen LogP contribution >= 0.6 is 0 Å². The molecule has 0 spiro atoms. The Morgan fingerprint density at radius 3 is 2.62 bits per heavy atom. The molecule has 0 aliphatic rings. The molecule has 0 atom stereocenters. The molecule has 0 saturated carbocycles. The van der Waals surface area contributed by atoms with Crippen LogP contribution in [0.25, 0.3) is 0 Å². The van der Waals surface area contributed by atoms with Crippen molar-refractivity contribution >= 4 is 0 Å². The van der Waals surface area contributed by atoms with Crippen LogP contribution in [0.1, 0.15) is 18.1 Å². The average molecular weight is 289 g/mol. The Labute approximate surface area is 124 Å². The number of para-hydroxylation sites is 1. The number of ether oxygens (including phenoxy) is 2. The predicted molar refractivity (Wildman–Crippen MR) is 80.5 cm³/mol. The molecule has 4 heteroatoms. The summed E-state index contributed by atoms with van der Waals surface area (Å²) in [6.07, 6.45) is 0. The lowest BCUT2D eigenvalue weighted by atomic mass is 10.2. The first-order valence-electron chi connectivity index (χ1n) is 7.04. The summed E-state index contributed by atoms with van der Waals surface area (Å²) in [6.45, 7) is 3.86. The van der Waals surface area contributed by atoms with Gasteiger partial charge in [-0.2, -0.15) is 0 Å². The van der Waals surface area contributed by atoms with Crippen molar-refractivity contribution in [2.24, 2.45) is 0 Å². The molecule has 0 unspecified atom stereocenters. The topological polar surface area (TPSA) is 30.5 Å². The summed E-state index contributed by atoms with van der Waals surface area (Å²) >= 11 is 0. The molecule has 2 aromatic carbocycles. The molecular formula is C17H20FNO2. The second kappa shape index (κ2) is 8.39. The minimum absolute atomic E-state index is 0.0228. The fourth-order valence-corrected chi connectivity index (χ4v) is 1.95. The number of hydrogen-bond acceptors (Lipinski definition) is 3. The Bertz CT molecular complexity index is 546. The summed E-state index contributed by atoms with van der Waals surface area (Å²) < 4.78 is 24.7. The van der Waals surface area contributed by atoms with Crippen molar-refractivity contribution in [3.05, 3.63) is 65.5 Å². The molecule has 0 heterocycles. The minimum Gasteiger partial charge on any atom is -0.464 e. The van der Waals surface area contributed by atoms with Crippen LogP contribution in [0.4, 0.5) is 4.39 Å². The summed E-state index contributed by atoms with van der Waals surface area (Å²) in [4.78, 5) is 0. The van der Waals surface area contributed by atoms with E-state index in [-0.39, 0.29) is 18.4 Å². The van der Waals surface area contributed by atoms with Crippen molar-refractivity contribution in [3.8, 4) is 5.75 Å². The first-order valence-corrected chi connectivity index (χ1v) is 7.04. The zero-order chi connectivity index (χ0) is 14.9. The fourth-order valence-electron chi connectivity index (χ4n) is 1.95. The van der Waals surface area contributed by atoms with E-state index in [1.54, 1.807) is 6.07 Å². The maximum absolute atomic E-state index is 13.8. The van der Waals surface area contributed by atoms with Crippen molar-refractivity contribution in [2.45, 2.75) is 20.1 Å². The molecule has 2 rings (SSSR count). The Hall–Kier alpha value is -1.91. The van der Waals surface area contributed by atoms with E-state index in [1.165, 1.54) is 6.07 Å². The van der Waals surface area contributed by atoms with E-state index >= 15 is 0 Å². The molecule has 0 aromatic heterocycles. The Morgan fingerprint density at radius 2 is 1.86 bits per heavy atom. The summed E-state index contributed by atoms with van der Waals surface area (Å²) in [5, 5.41) is 3.16. The maximum Gasteiger partial charge on any atom is 0.189 e. The Morgan fingerprint density at radius 1 is 1.05 bits per heavy atom. The second-order valence-electron chi connectivity index (χ2n) is 4.60. The van der Waals surface area contributed by atoms with E-state index in [0.717, 1.165) is 17.7 Å². The normalized spacial score (nSPS) is 10.6. The van der Waals surface area contributed by atoms with E-state index in [2.05, 4.69) is 5.32 Å². The molecular weight excluding hydrogens is 269 g/mol. The van der Waals surface area contributed by atoms with E-state index in [0.29, 0.717) is 13.2 Å². The predicted octanol–water partition coefficient (Wildman–Crippen LogP) is 3.49. The number of nitrogens with one attached hydrogen (secondary N) is 1. The third kappa shape index (κ3) is 4.85. The standard InChI is InChI=1S/C17H20FNO2/c1-2-19-11-15-9-6-10-16(18)17(15)21-13-20-12-14-7-4-3-5-8-14/h3-10,19H,2,11-13H2,1H3. The molecule has 1 N–H and O–H groups in total. The second-order valence-corrected chi connectivity index (χ2v) is 4.60. The smallest absolute Gasteiger partial charge is 0.189 e. The van der Waals surface area contributed by atoms with Gasteiger partial charge in [0.15, 0.2) is 18.4 Å². The first kappa shape index (κ1) is 15.5. The Balaban J connectivity index is 1.87. The van der Waals surface area contributed by atoms with Gasteiger partial charge in [0.25, 0.3) is 0 Å². The first-order chi connectivity index (χ1) is 10.3. The van der Waals surface area contributed by atoms with Gasteiger partial charge in [-0.25, -0.2) is 4.39 Å². The number of hydrogen-bond donors (Lipinski definition) is 1. The Kier molecular flexibility index (Phi) is 6.19. The van der Waals surface area contributed by atoms with Gasteiger partial charge in [0.1, 0.15) is 0 Å². The number of benzene rings is 2. The van der Waals surface area contributed by atoms with E-state index in [9.17, 15) is 4.39 Å². The van der Waals surface area contributed by atoms with Crippen LogP contribution in [0, 0.1) is 5.82 Å². The quantitative estimate of drug-likeness (QED) is 0.596. The van der Waals surface area contributed by atoms with Crippen LogP contribution in [-0.2, 0) is 17.9 Å². The van der Waals surface area contributed by atoms with Crippen LogP contribution in [0.15, 0.2) is 48.5 Å². The van der Waals surface area contributed by atoms with Crippen molar-refractivity contribution in [3.63, 3.8) is 0 Å². The third-order valence-corrected chi connectivity index (χ3v) is 3.01. The van der Waals surface area contributed by atoms with Crippen LogP contribution in [-0.4, -0.2) is 13.3 Å². The minimum atomic E-state index is -0.367. The molecule has 0 amide bonds. The molecule has 21 heavy (non-hydrogen) atoms. The van der Waals surface area contributed by atoms with E-state index in [1.807, 2.05) is 43.3 Å². The monoisotopic (exact) mass is 289 g/mol. The van der Waals surface area contributed by atoms with Crippen LogP contribution in [0.2, 0.25) is 0 Å². The largest absolute Gasteiger partial charge is 0.464 e. The fraction of sp³-hybridized carbons (Fsp3) is 0.294. The van der Waals surface area contributed by atoms with Crippen molar-refractivity contribution in [1.29, 1.82) is 0 Å². The van der Waals surface area contributed by atoms with Gasteiger partial charge in [0.05, 0.1) is 6.61 Å². The lowest BCUT2D eigenvalue weighted by Crippen LogP contribution is -2.14. The van der Waals surface area contributed by atoms with Crippen LogP contribution in [0.5, 0.6) is 5.75 Å². The molecule has 0 bridgehead atoms. The molecule has 0 fully saturated rings. The van der Waals surface area contributed by atoms with Crippen LogP contribution < -0.4 is 10.1 Å². The summed E-state index contributed by atoms with van der Waals surface area (Å²) in [5.41, 5.74) is 1.85. The molecule has 0 radical (unpaired) electrons. The van der Waals surface area contributed by atoms with Crippen molar-refractivity contribution in [2.75, 3.05) is 13.3 Å². The van der Waals surface area contributed by atoms with Gasteiger partial charge in [-0.05, 0) is 18.2 Å². The van der Waals surface area contributed by atoms with Crippen LogP contribution in [0.3, 0.4) is 0 Å². The highest BCUT2D eigenvalue weighted by Gasteiger charge is 2.09. The molecule has 112 valence electrons. The number of halogens is 1. The highest BCUT2D eigenvalue weighted by atomic mass is 19.1. The van der Waals surface area contributed by atoms with E-state index in [4.69, 9.17) is 9.47 Å². The lowest BCUT2D eigenvalue weighted by molar-refractivity contribution is 0.00244. The SMILES string of the molecule is CCNCc1cccc(F)c1OCOCc1ccccc1. The number of rotatable bonds is 8. The van der Waals surface area contributed by atoms with E-state index < -0.39 is 0 Å². The van der Waals surface area contributed by atoms with Gasteiger partial charge in [-0.3, -0.25) is 0 Å². The molecule has 0 aliphatic heterocycles. The molecule has 0 saturated heterocycles. The molecule has 3 nitrogen and oxygen atoms in total. The average Bonchev–Trinajstić information content (AvgIpc) is 2.52. The van der Waals surface area contributed by atoms with Crippen molar-refractivity contribution < 1.29 is 13.9 Å². The lowest BCUT2D eigenvalue weighted by Gasteiger charge is -2.13. The van der Waals surface area contributed by atoms with Gasteiger partial charge in [-0.1, -0.05) is 49.4 Å². The van der Waals surface area contributed by atoms with Gasteiger partial charge in [-0.15, -0.1) is 0 Å².